The SMILES string of the molecule is c1ccc(-c2cc(-c3ccccc3)c3c(c2)c2ccc4c5ccccc5oc4c2n3-c2nc(-c3ccccc3)nc(-c3ccccc3)n2)cc1. The van der Waals surface area contributed by atoms with Crippen LogP contribution in [0.2, 0.25) is 0 Å². The summed E-state index contributed by atoms with van der Waals surface area (Å²) in [5.41, 5.74) is 9.83. The molecule has 50 heavy (non-hydrogen) atoms. The van der Waals surface area contributed by atoms with Gasteiger partial charge in [0.05, 0.1) is 5.52 Å². The van der Waals surface area contributed by atoms with Crippen molar-refractivity contribution in [3.05, 3.63) is 170 Å². The largest absolute Gasteiger partial charge is 0.454 e. The van der Waals surface area contributed by atoms with E-state index >= 15 is 0 Å². The molecule has 0 atom stereocenters. The van der Waals surface area contributed by atoms with Gasteiger partial charge in [0.1, 0.15) is 11.1 Å². The molecule has 10 aromatic rings. The first-order chi connectivity index (χ1) is 24.8. The van der Waals surface area contributed by atoms with Crippen LogP contribution in [-0.2, 0) is 0 Å². The van der Waals surface area contributed by atoms with Crippen LogP contribution in [0.4, 0.5) is 0 Å². The number of benzene rings is 7. The Kier molecular flexibility index (Phi) is 6.42. The van der Waals surface area contributed by atoms with Gasteiger partial charge in [0.25, 0.3) is 0 Å². The van der Waals surface area contributed by atoms with Crippen LogP contribution in [0.15, 0.2) is 174 Å². The predicted octanol–water partition coefficient (Wildman–Crippen LogP) is 11.5. The lowest BCUT2D eigenvalue weighted by molar-refractivity contribution is 0.670. The second kappa shape index (κ2) is 11.4. The number of hydrogen-bond donors (Lipinski definition) is 0. The van der Waals surface area contributed by atoms with Gasteiger partial charge in [-0.15, -0.1) is 0 Å². The van der Waals surface area contributed by atoms with Crippen molar-refractivity contribution in [2.45, 2.75) is 0 Å². The molecule has 0 saturated heterocycles. The highest BCUT2D eigenvalue weighted by Crippen LogP contribution is 2.44. The third-order valence-electron chi connectivity index (χ3n) is 9.45. The fourth-order valence-corrected chi connectivity index (χ4v) is 7.14. The van der Waals surface area contributed by atoms with Crippen LogP contribution in [0, 0.1) is 0 Å². The van der Waals surface area contributed by atoms with Crippen LogP contribution >= 0.6 is 0 Å². The van der Waals surface area contributed by atoms with Crippen molar-refractivity contribution in [1.29, 1.82) is 0 Å². The number of aromatic nitrogens is 4. The van der Waals surface area contributed by atoms with Gasteiger partial charge < -0.3 is 4.42 Å². The highest BCUT2D eigenvalue weighted by molar-refractivity contribution is 6.23. The molecule has 3 heterocycles. The first-order valence-corrected chi connectivity index (χ1v) is 16.7. The number of rotatable bonds is 5. The fourth-order valence-electron chi connectivity index (χ4n) is 7.14. The maximum Gasteiger partial charge on any atom is 0.238 e. The highest BCUT2D eigenvalue weighted by Gasteiger charge is 2.25. The monoisotopic (exact) mass is 640 g/mol. The van der Waals surface area contributed by atoms with E-state index in [1.165, 1.54) is 0 Å². The fraction of sp³-hybridized carbons (Fsp3) is 0. The van der Waals surface area contributed by atoms with Crippen molar-refractivity contribution >= 4 is 43.7 Å². The van der Waals surface area contributed by atoms with Crippen LogP contribution < -0.4 is 0 Å². The molecule has 5 heteroatoms. The summed E-state index contributed by atoms with van der Waals surface area (Å²) in [5.74, 6) is 1.72. The molecule has 3 aromatic heterocycles. The topological polar surface area (TPSA) is 56.7 Å². The van der Waals surface area contributed by atoms with Gasteiger partial charge in [0.2, 0.25) is 5.95 Å². The van der Waals surface area contributed by atoms with E-state index in [1.54, 1.807) is 0 Å². The van der Waals surface area contributed by atoms with Crippen molar-refractivity contribution in [3.63, 3.8) is 0 Å². The number of para-hydroxylation sites is 1. The summed E-state index contributed by atoms with van der Waals surface area (Å²) in [6, 6.07) is 58.5. The van der Waals surface area contributed by atoms with E-state index in [-0.39, 0.29) is 0 Å². The summed E-state index contributed by atoms with van der Waals surface area (Å²) >= 11 is 0. The third kappa shape index (κ3) is 4.52. The van der Waals surface area contributed by atoms with Crippen LogP contribution in [0.25, 0.3) is 94.7 Å². The maximum atomic E-state index is 6.76. The molecule has 0 aliphatic rings. The third-order valence-corrected chi connectivity index (χ3v) is 9.45. The lowest BCUT2D eigenvalue weighted by Gasteiger charge is -2.14. The Balaban J connectivity index is 1.41. The van der Waals surface area contributed by atoms with Gasteiger partial charge in [-0.3, -0.25) is 4.57 Å². The molecule has 0 radical (unpaired) electrons. The Labute approximate surface area is 287 Å². The van der Waals surface area contributed by atoms with Crippen molar-refractivity contribution in [3.8, 4) is 51.0 Å². The molecule has 0 spiro atoms. The van der Waals surface area contributed by atoms with E-state index < -0.39 is 0 Å². The number of fused-ring (bicyclic) bond motifs is 7. The number of nitrogens with zero attached hydrogens (tertiary/aromatic N) is 4. The van der Waals surface area contributed by atoms with Crippen LogP contribution in [0.5, 0.6) is 0 Å². The maximum absolute atomic E-state index is 6.76. The first-order valence-electron chi connectivity index (χ1n) is 16.7. The molecule has 10 rings (SSSR count). The van der Waals surface area contributed by atoms with Crippen LogP contribution in [0.3, 0.4) is 0 Å². The smallest absolute Gasteiger partial charge is 0.238 e. The highest BCUT2D eigenvalue weighted by atomic mass is 16.3. The van der Waals surface area contributed by atoms with Gasteiger partial charge in [0, 0.05) is 38.2 Å². The molecule has 0 aliphatic heterocycles. The van der Waals surface area contributed by atoms with E-state index in [0.717, 1.165) is 77.1 Å². The summed E-state index contributed by atoms with van der Waals surface area (Å²) in [4.78, 5) is 15.5. The zero-order valence-electron chi connectivity index (χ0n) is 26.9. The molecule has 0 saturated carbocycles. The lowest BCUT2D eigenvalue weighted by atomic mass is 9.95. The minimum absolute atomic E-state index is 0.523. The summed E-state index contributed by atoms with van der Waals surface area (Å²) in [5, 5.41) is 4.26. The average Bonchev–Trinajstić information content (AvgIpc) is 3.75. The van der Waals surface area contributed by atoms with E-state index in [9.17, 15) is 0 Å². The van der Waals surface area contributed by atoms with Gasteiger partial charge in [-0.2, -0.15) is 9.97 Å². The van der Waals surface area contributed by atoms with E-state index in [1.807, 2.05) is 72.8 Å². The standard InChI is InChI=1S/C45H28N4O/c1-5-15-29(16-6-1)33-27-37(30-17-7-2-8-18-30)40-38(28-33)35-25-26-36-34-23-13-14-24-39(34)50-42(36)41(35)49(40)45-47-43(31-19-9-3-10-20-31)46-44(48-45)32-21-11-4-12-22-32/h1-28H. The van der Waals surface area contributed by atoms with Gasteiger partial charge in [-0.05, 0) is 41.0 Å². The second-order valence-electron chi connectivity index (χ2n) is 12.4. The Hall–Kier alpha value is -6.85. The zero-order chi connectivity index (χ0) is 33.0. The van der Waals surface area contributed by atoms with Gasteiger partial charge in [-0.1, -0.05) is 146 Å². The average molecular weight is 641 g/mol. The summed E-state index contributed by atoms with van der Waals surface area (Å²) in [6.07, 6.45) is 0. The molecule has 234 valence electrons. The van der Waals surface area contributed by atoms with E-state index in [4.69, 9.17) is 19.4 Å². The molecule has 0 bridgehead atoms. The summed E-state index contributed by atoms with van der Waals surface area (Å²) in [6.45, 7) is 0. The van der Waals surface area contributed by atoms with Crippen LogP contribution in [-0.4, -0.2) is 19.5 Å². The van der Waals surface area contributed by atoms with E-state index in [0.29, 0.717) is 17.6 Å². The predicted molar refractivity (Wildman–Crippen MR) is 203 cm³/mol. The molecule has 5 nitrogen and oxygen atoms in total. The van der Waals surface area contributed by atoms with Crippen molar-refractivity contribution in [1.82, 2.24) is 19.5 Å². The quantitative estimate of drug-likeness (QED) is 0.188. The minimum atomic E-state index is 0.523. The Bertz CT molecular complexity index is 2780. The second-order valence-corrected chi connectivity index (χ2v) is 12.4. The molecule has 7 aromatic carbocycles. The first kappa shape index (κ1) is 28.2. The minimum Gasteiger partial charge on any atom is -0.454 e. The summed E-state index contributed by atoms with van der Waals surface area (Å²) < 4.78 is 8.96. The molecule has 0 amide bonds. The van der Waals surface area contributed by atoms with Crippen LogP contribution in [0.1, 0.15) is 0 Å². The normalized spacial score (nSPS) is 11.6. The zero-order valence-corrected chi connectivity index (χ0v) is 26.9. The summed E-state index contributed by atoms with van der Waals surface area (Å²) in [7, 11) is 0. The molecular weight excluding hydrogens is 613 g/mol. The Morgan fingerprint density at radius 2 is 0.920 bits per heavy atom. The molecule has 0 fully saturated rings. The van der Waals surface area contributed by atoms with Gasteiger partial charge in [-0.25, -0.2) is 4.98 Å². The number of hydrogen-bond acceptors (Lipinski definition) is 4. The molecular formula is C45H28N4O. The Morgan fingerprint density at radius 1 is 0.380 bits per heavy atom. The van der Waals surface area contributed by atoms with E-state index in [2.05, 4.69) is 102 Å². The van der Waals surface area contributed by atoms with Gasteiger partial charge in [0.15, 0.2) is 17.2 Å². The molecule has 0 unspecified atom stereocenters. The lowest BCUT2D eigenvalue weighted by Crippen LogP contribution is -2.07. The number of furan rings is 1. The van der Waals surface area contributed by atoms with Crippen molar-refractivity contribution in [2.24, 2.45) is 0 Å². The molecule has 0 aliphatic carbocycles. The van der Waals surface area contributed by atoms with Crippen molar-refractivity contribution in [2.75, 3.05) is 0 Å². The Morgan fingerprint density at radius 3 is 1.56 bits per heavy atom. The molecule has 0 N–H and O–H groups in total. The van der Waals surface area contributed by atoms with Gasteiger partial charge >= 0.3 is 0 Å². The van der Waals surface area contributed by atoms with Crippen molar-refractivity contribution < 1.29 is 4.42 Å².